The molecule has 2 rings (SSSR count). The Balaban J connectivity index is 0.00000200. The topological polar surface area (TPSA) is 69.7 Å². The van der Waals surface area contributed by atoms with Gasteiger partial charge in [-0.25, -0.2) is 12.7 Å². The van der Waals surface area contributed by atoms with E-state index in [0.29, 0.717) is 39.1 Å². The van der Waals surface area contributed by atoms with Crippen molar-refractivity contribution in [1.82, 2.24) is 14.5 Å². The van der Waals surface area contributed by atoms with Gasteiger partial charge in [-0.2, -0.15) is 0 Å². The summed E-state index contributed by atoms with van der Waals surface area (Å²) in [6.45, 7) is 3.36. The van der Waals surface area contributed by atoms with Gasteiger partial charge < -0.3 is 10.2 Å². The first-order chi connectivity index (χ1) is 8.97. The lowest BCUT2D eigenvalue weighted by atomic mass is 10.3. The van der Waals surface area contributed by atoms with Gasteiger partial charge in [0.25, 0.3) is 0 Å². The lowest BCUT2D eigenvalue weighted by Gasteiger charge is -2.21. The molecule has 2 aliphatic rings. The second kappa shape index (κ2) is 7.59. The van der Waals surface area contributed by atoms with E-state index < -0.39 is 10.0 Å². The van der Waals surface area contributed by atoms with Gasteiger partial charge in [0.2, 0.25) is 15.9 Å². The minimum Gasteiger partial charge on any atom is -0.340 e. The van der Waals surface area contributed by atoms with E-state index in [4.69, 9.17) is 0 Å². The van der Waals surface area contributed by atoms with Gasteiger partial charge in [-0.05, 0) is 31.7 Å². The number of carbonyl (C=O) groups is 1. The summed E-state index contributed by atoms with van der Waals surface area (Å²) in [6, 6.07) is 0. The maximum absolute atomic E-state index is 12.0. The first kappa shape index (κ1) is 17.7. The molecule has 0 atom stereocenters. The Labute approximate surface area is 127 Å². The van der Waals surface area contributed by atoms with E-state index in [1.807, 2.05) is 0 Å². The van der Waals surface area contributed by atoms with Crippen molar-refractivity contribution in [1.29, 1.82) is 0 Å². The number of nitrogens with zero attached hydrogens (tertiary/aromatic N) is 2. The summed E-state index contributed by atoms with van der Waals surface area (Å²) in [5.74, 6) is 0.841. The van der Waals surface area contributed by atoms with Crippen LogP contribution >= 0.6 is 12.4 Å². The third kappa shape index (κ3) is 5.55. The average Bonchev–Trinajstić information content (AvgIpc) is 3.13. The normalized spacial score (nSPS) is 21.1. The first-order valence-electron chi connectivity index (χ1n) is 6.90. The SMILES string of the molecule is CS(=O)(=O)N1CCCN(C(=O)CNCC2CC2)CC1.Cl. The number of hydrogen-bond donors (Lipinski definition) is 1. The van der Waals surface area contributed by atoms with Gasteiger partial charge in [0.05, 0.1) is 12.8 Å². The zero-order valence-electron chi connectivity index (χ0n) is 11.9. The second-order valence-corrected chi connectivity index (χ2v) is 7.45. The van der Waals surface area contributed by atoms with Crippen molar-refractivity contribution in [3.8, 4) is 0 Å². The molecular weight excluding hydrogens is 302 g/mol. The number of sulfonamides is 1. The number of amides is 1. The first-order valence-corrected chi connectivity index (χ1v) is 8.75. The van der Waals surface area contributed by atoms with E-state index in [0.717, 1.165) is 12.5 Å². The fraction of sp³-hybridized carbons (Fsp3) is 0.917. The number of hydrogen-bond acceptors (Lipinski definition) is 4. The van der Waals surface area contributed by atoms with Crippen LogP contribution in [0.3, 0.4) is 0 Å². The van der Waals surface area contributed by atoms with Crippen LogP contribution in [0.25, 0.3) is 0 Å². The van der Waals surface area contributed by atoms with Crippen LogP contribution in [0.4, 0.5) is 0 Å². The number of halogens is 1. The Morgan fingerprint density at radius 3 is 2.50 bits per heavy atom. The Morgan fingerprint density at radius 1 is 1.20 bits per heavy atom. The summed E-state index contributed by atoms with van der Waals surface area (Å²) in [5.41, 5.74) is 0. The molecule has 0 bridgehead atoms. The monoisotopic (exact) mass is 325 g/mol. The average molecular weight is 326 g/mol. The molecule has 118 valence electrons. The van der Waals surface area contributed by atoms with E-state index in [9.17, 15) is 13.2 Å². The van der Waals surface area contributed by atoms with Gasteiger partial charge in [-0.3, -0.25) is 4.79 Å². The van der Waals surface area contributed by atoms with Gasteiger partial charge in [0.15, 0.2) is 0 Å². The summed E-state index contributed by atoms with van der Waals surface area (Å²) in [7, 11) is -3.14. The summed E-state index contributed by atoms with van der Waals surface area (Å²) in [4.78, 5) is 13.8. The van der Waals surface area contributed by atoms with Crippen LogP contribution in [0, 0.1) is 5.92 Å². The van der Waals surface area contributed by atoms with Crippen molar-refractivity contribution in [2.24, 2.45) is 5.92 Å². The molecule has 1 N–H and O–H groups in total. The van der Waals surface area contributed by atoms with E-state index >= 15 is 0 Å². The molecule has 0 aromatic rings. The predicted octanol–water partition coefficient (Wildman–Crippen LogP) is -0.0983. The highest BCUT2D eigenvalue weighted by atomic mass is 35.5. The highest BCUT2D eigenvalue weighted by Gasteiger charge is 2.24. The third-order valence-corrected chi connectivity index (χ3v) is 4.99. The molecule has 0 aromatic carbocycles. The molecule has 20 heavy (non-hydrogen) atoms. The number of rotatable bonds is 5. The van der Waals surface area contributed by atoms with Crippen LogP contribution in [0.5, 0.6) is 0 Å². The number of nitrogens with one attached hydrogen (secondary N) is 1. The maximum atomic E-state index is 12.0. The quantitative estimate of drug-likeness (QED) is 0.766. The molecule has 1 saturated heterocycles. The standard InChI is InChI=1S/C12H23N3O3S.ClH/c1-19(17,18)15-6-2-5-14(7-8-15)12(16)10-13-9-11-3-4-11;/h11,13H,2-10H2,1H3;1H. The van der Waals surface area contributed by atoms with Crippen LogP contribution in [0.1, 0.15) is 19.3 Å². The smallest absolute Gasteiger partial charge is 0.236 e. The molecule has 0 unspecified atom stereocenters. The molecule has 1 saturated carbocycles. The van der Waals surface area contributed by atoms with Crippen LogP contribution < -0.4 is 5.32 Å². The van der Waals surface area contributed by atoms with Crippen molar-refractivity contribution in [2.75, 3.05) is 45.5 Å². The molecule has 0 radical (unpaired) electrons. The maximum Gasteiger partial charge on any atom is 0.236 e. The minimum atomic E-state index is -3.14. The predicted molar refractivity (Wildman–Crippen MR) is 80.5 cm³/mol. The van der Waals surface area contributed by atoms with Crippen molar-refractivity contribution >= 4 is 28.3 Å². The van der Waals surface area contributed by atoms with Crippen LogP contribution in [0.2, 0.25) is 0 Å². The summed E-state index contributed by atoms with van der Waals surface area (Å²) in [5, 5.41) is 3.18. The van der Waals surface area contributed by atoms with Crippen molar-refractivity contribution in [3.05, 3.63) is 0 Å². The molecule has 8 heteroatoms. The highest BCUT2D eigenvalue weighted by molar-refractivity contribution is 7.88. The molecule has 1 aliphatic heterocycles. The Hall–Kier alpha value is -0.370. The molecule has 1 aliphatic carbocycles. The summed E-state index contributed by atoms with van der Waals surface area (Å²) < 4.78 is 24.4. The van der Waals surface area contributed by atoms with Crippen LogP contribution in [0.15, 0.2) is 0 Å². The van der Waals surface area contributed by atoms with Crippen molar-refractivity contribution in [3.63, 3.8) is 0 Å². The zero-order chi connectivity index (χ0) is 13.9. The van der Waals surface area contributed by atoms with Gasteiger partial charge in [0, 0.05) is 26.2 Å². The molecule has 0 spiro atoms. The van der Waals surface area contributed by atoms with Crippen molar-refractivity contribution < 1.29 is 13.2 Å². The molecule has 6 nitrogen and oxygen atoms in total. The highest BCUT2D eigenvalue weighted by Crippen LogP contribution is 2.27. The Morgan fingerprint density at radius 2 is 1.90 bits per heavy atom. The van der Waals surface area contributed by atoms with Crippen LogP contribution in [-0.2, 0) is 14.8 Å². The minimum absolute atomic E-state index is 0. The second-order valence-electron chi connectivity index (χ2n) is 5.47. The number of carbonyl (C=O) groups excluding carboxylic acids is 1. The lowest BCUT2D eigenvalue weighted by molar-refractivity contribution is -0.130. The van der Waals surface area contributed by atoms with Gasteiger partial charge >= 0.3 is 0 Å². The molecule has 1 heterocycles. The summed E-state index contributed by atoms with van der Waals surface area (Å²) >= 11 is 0. The van der Waals surface area contributed by atoms with E-state index in [-0.39, 0.29) is 18.3 Å². The third-order valence-electron chi connectivity index (χ3n) is 3.68. The largest absolute Gasteiger partial charge is 0.340 e. The molecule has 2 fully saturated rings. The molecule has 0 aromatic heterocycles. The van der Waals surface area contributed by atoms with E-state index in [2.05, 4.69) is 5.32 Å². The lowest BCUT2D eigenvalue weighted by Crippen LogP contribution is -2.41. The molecular formula is C12H24ClN3O3S. The van der Waals surface area contributed by atoms with Crippen LogP contribution in [-0.4, -0.2) is 69.1 Å². The fourth-order valence-electron chi connectivity index (χ4n) is 2.29. The van der Waals surface area contributed by atoms with Gasteiger partial charge in [0.1, 0.15) is 0 Å². The fourth-order valence-corrected chi connectivity index (χ4v) is 3.17. The molecule has 1 amide bonds. The Bertz CT molecular complexity index is 426. The van der Waals surface area contributed by atoms with Gasteiger partial charge in [-0.15, -0.1) is 12.4 Å². The summed E-state index contributed by atoms with van der Waals surface area (Å²) in [6.07, 6.45) is 4.48. The van der Waals surface area contributed by atoms with Crippen molar-refractivity contribution in [2.45, 2.75) is 19.3 Å². The van der Waals surface area contributed by atoms with E-state index in [1.54, 1.807) is 4.90 Å². The zero-order valence-corrected chi connectivity index (χ0v) is 13.5. The van der Waals surface area contributed by atoms with E-state index in [1.165, 1.54) is 23.4 Å². The van der Waals surface area contributed by atoms with Gasteiger partial charge in [-0.1, -0.05) is 0 Å². The Kier molecular flexibility index (Phi) is 6.71.